The van der Waals surface area contributed by atoms with Gasteiger partial charge in [0.1, 0.15) is 5.82 Å². The average Bonchev–Trinajstić information content (AvgIpc) is 3.01. The monoisotopic (exact) mass is 217 g/mol. The van der Waals surface area contributed by atoms with Gasteiger partial charge in [0, 0.05) is 12.0 Å². The highest BCUT2D eigenvalue weighted by Gasteiger charge is 2.26. The first-order valence-electron chi connectivity index (χ1n) is 5.14. The molecule has 16 heavy (non-hydrogen) atoms. The minimum Gasteiger partial charge on any atom is -0.396 e. The van der Waals surface area contributed by atoms with E-state index in [1.165, 1.54) is 16.9 Å². The highest BCUT2D eigenvalue weighted by atomic mass is 16.1. The van der Waals surface area contributed by atoms with Gasteiger partial charge in [-0.15, -0.1) is 0 Å². The van der Waals surface area contributed by atoms with Crippen molar-refractivity contribution in [2.75, 3.05) is 5.73 Å². The molecule has 6 nitrogen and oxygen atoms in total. The lowest BCUT2D eigenvalue weighted by molar-refractivity contribution is 0.802. The van der Waals surface area contributed by atoms with Gasteiger partial charge in [-0.2, -0.15) is 5.10 Å². The van der Waals surface area contributed by atoms with Gasteiger partial charge >= 0.3 is 0 Å². The number of rotatable bonds is 2. The summed E-state index contributed by atoms with van der Waals surface area (Å²) in [7, 11) is 0. The maximum atomic E-state index is 11.5. The van der Waals surface area contributed by atoms with Crippen molar-refractivity contribution in [1.82, 2.24) is 19.7 Å². The van der Waals surface area contributed by atoms with E-state index in [9.17, 15) is 4.79 Å². The third-order valence-electron chi connectivity index (χ3n) is 2.55. The Morgan fingerprint density at radius 2 is 2.31 bits per heavy atom. The van der Waals surface area contributed by atoms with Crippen molar-refractivity contribution < 1.29 is 0 Å². The van der Waals surface area contributed by atoms with Crippen LogP contribution in [0.3, 0.4) is 0 Å². The second-order valence-electron chi connectivity index (χ2n) is 3.98. The molecular formula is C10H11N5O. The summed E-state index contributed by atoms with van der Waals surface area (Å²) in [6.45, 7) is 0. The molecule has 0 saturated heterocycles. The summed E-state index contributed by atoms with van der Waals surface area (Å²) in [5.41, 5.74) is 5.97. The first-order chi connectivity index (χ1) is 7.72. The molecule has 2 heterocycles. The number of hydrogen-bond donors (Lipinski definition) is 2. The van der Waals surface area contributed by atoms with Gasteiger partial charge in [-0.1, -0.05) is 0 Å². The molecule has 6 heteroatoms. The number of nitrogen functional groups attached to an aromatic ring is 1. The quantitative estimate of drug-likeness (QED) is 0.762. The molecule has 1 fully saturated rings. The number of anilines is 1. The first kappa shape index (κ1) is 9.14. The largest absolute Gasteiger partial charge is 0.396 e. The van der Waals surface area contributed by atoms with Crippen LogP contribution in [0, 0.1) is 0 Å². The zero-order valence-corrected chi connectivity index (χ0v) is 8.55. The molecule has 0 amide bonds. The second-order valence-corrected chi connectivity index (χ2v) is 3.98. The van der Waals surface area contributed by atoms with E-state index >= 15 is 0 Å². The topological polar surface area (TPSA) is 89.6 Å². The number of nitrogens with one attached hydrogen (secondary N) is 1. The third-order valence-corrected chi connectivity index (χ3v) is 2.55. The van der Waals surface area contributed by atoms with Gasteiger partial charge in [-0.05, 0) is 12.8 Å². The highest BCUT2D eigenvalue weighted by molar-refractivity contribution is 5.34. The normalized spacial score (nSPS) is 15.2. The molecule has 0 atom stereocenters. The molecule has 1 aliphatic carbocycles. The van der Waals surface area contributed by atoms with E-state index in [1.54, 1.807) is 6.20 Å². The molecule has 82 valence electrons. The molecule has 0 spiro atoms. The van der Waals surface area contributed by atoms with E-state index in [0.29, 0.717) is 17.4 Å². The van der Waals surface area contributed by atoms with E-state index in [4.69, 9.17) is 5.73 Å². The Hall–Kier alpha value is -2.11. The second kappa shape index (κ2) is 3.19. The van der Waals surface area contributed by atoms with Crippen molar-refractivity contribution in [3.05, 3.63) is 34.6 Å². The summed E-state index contributed by atoms with van der Waals surface area (Å²) in [4.78, 5) is 18.6. The van der Waals surface area contributed by atoms with E-state index in [1.807, 2.05) is 0 Å². The molecule has 1 saturated carbocycles. The predicted octanol–water partition coefficient (Wildman–Crippen LogP) is 0.415. The fourth-order valence-electron chi connectivity index (χ4n) is 1.59. The minimum absolute atomic E-state index is 0.152. The van der Waals surface area contributed by atoms with Crippen LogP contribution in [0.4, 0.5) is 5.69 Å². The molecule has 3 N–H and O–H groups in total. The van der Waals surface area contributed by atoms with Crippen LogP contribution in [0.25, 0.3) is 5.82 Å². The number of nitrogens with two attached hydrogens (primary N) is 1. The molecular weight excluding hydrogens is 206 g/mol. The lowest BCUT2D eigenvalue weighted by atomic mass is 10.4. The van der Waals surface area contributed by atoms with E-state index in [-0.39, 0.29) is 5.56 Å². The van der Waals surface area contributed by atoms with E-state index in [0.717, 1.165) is 18.7 Å². The van der Waals surface area contributed by atoms with Crippen molar-refractivity contribution in [1.29, 1.82) is 0 Å². The van der Waals surface area contributed by atoms with Crippen molar-refractivity contribution in [2.24, 2.45) is 0 Å². The van der Waals surface area contributed by atoms with Gasteiger partial charge < -0.3 is 10.7 Å². The zero-order valence-electron chi connectivity index (χ0n) is 8.55. The molecule has 0 unspecified atom stereocenters. The average molecular weight is 217 g/mol. The Balaban J connectivity index is 2.09. The summed E-state index contributed by atoms with van der Waals surface area (Å²) in [6.07, 6.45) is 5.35. The van der Waals surface area contributed by atoms with Crippen LogP contribution in [0.15, 0.2) is 23.3 Å². The number of H-pyrrole nitrogens is 1. The molecule has 0 aromatic carbocycles. The van der Waals surface area contributed by atoms with Crippen LogP contribution in [-0.4, -0.2) is 19.7 Å². The summed E-state index contributed by atoms with van der Waals surface area (Å²) < 4.78 is 1.51. The fraction of sp³-hybridized carbons (Fsp3) is 0.300. The Labute approximate surface area is 91.1 Å². The molecule has 0 aliphatic heterocycles. The lowest BCUT2D eigenvalue weighted by Gasteiger charge is -2.02. The van der Waals surface area contributed by atoms with Crippen molar-refractivity contribution in [3.8, 4) is 5.82 Å². The Bertz CT molecular complexity index is 581. The molecule has 2 aromatic rings. The molecule has 1 aliphatic rings. The van der Waals surface area contributed by atoms with Gasteiger partial charge in [0.15, 0.2) is 5.82 Å². The zero-order chi connectivity index (χ0) is 11.1. The first-order valence-corrected chi connectivity index (χ1v) is 5.14. The summed E-state index contributed by atoms with van der Waals surface area (Å²) in [6, 6.07) is 1.42. The standard InChI is InChI=1S/C10H11N5O/c11-7-4-12-15(5-7)8-3-9(16)14-10(13-8)6-1-2-6/h3-6H,1-2,11H2,(H,13,14,16). The molecule has 3 rings (SSSR count). The summed E-state index contributed by atoms with van der Waals surface area (Å²) in [5, 5.41) is 4.02. The van der Waals surface area contributed by atoms with Gasteiger partial charge in [-0.3, -0.25) is 4.79 Å². The number of hydrogen-bond acceptors (Lipinski definition) is 4. The third kappa shape index (κ3) is 1.58. The van der Waals surface area contributed by atoms with Crippen LogP contribution in [-0.2, 0) is 0 Å². The minimum atomic E-state index is -0.152. The Morgan fingerprint density at radius 3 is 2.94 bits per heavy atom. The lowest BCUT2D eigenvalue weighted by Crippen LogP contribution is -2.13. The van der Waals surface area contributed by atoms with Gasteiger partial charge in [0.2, 0.25) is 0 Å². The fourth-order valence-corrected chi connectivity index (χ4v) is 1.59. The van der Waals surface area contributed by atoms with Crippen molar-refractivity contribution in [2.45, 2.75) is 18.8 Å². The Kier molecular flexibility index (Phi) is 1.82. The van der Waals surface area contributed by atoms with Gasteiger partial charge in [0.05, 0.1) is 18.1 Å². The maximum Gasteiger partial charge on any atom is 0.253 e. The summed E-state index contributed by atoms with van der Waals surface area (Å²) >= 11 is 0. The SMILES string of the molecule is Nc1cnn(-c2cc(=O)[nH]c(C3CC3)n2)c1. The predicted molar refractivity (Wildman–Crippen MR) is 58.4 cm³/mol. The number of aromatic amines is 1. The number of nitrogens with zero attached hydrogens (tertiary/aromatic N) is 3. The number of aromatic nitrogens is 4. The molecule has 0 radical (unpaired) electrons. The maximum absolute atomic E-state index is 11.5. The van der Waals surface area contributed by atoms with Crippen LogP contribution < -0.4 is 11.3 Å². The molecule has 0 bridgehead atoms. The van der Waals surface area contributed by atoms with Crippen LogP contribution in [0.5, 0.6) is 0 Å². The van der Waals surface area contributed by atoms with Crippen LogP contribution in [0.1, 0.15) is 24.6 Å². The van der Waals surface area contributed by atoms with Gasteiger partial charge in [0.25, 0.3) is 5.56 Å². The smallest absolute Gasteiger partial charge is 0.253 e. The van der Waals surface area contributed by atoms with Crippen LogP contribution in [0.2, 0.25) is 0 Å². The van der Waals surface area contributed by atoms with Gasteiger partial charge in [-0.25, -0.2) is 9.67 Å². The van der Waals surface area contributed by atoms with Crippen molar-refractivity contribution >= 4 is 5.69 Å². The van der Waals surface area contributed by atoms with E-state index in [2.05, 4.69) is 15.1 Å². The van der Waals surface area contributed by atoms with Crippen molar-refractivity contribution in [3.63, 3.8) is 0 Å². The highest BCUT2D eigenvalue weighted by Crippen LogP contribution is 2.37. The Morgan fingerprint density at radius 1 is 1.50 bits per heavy atom. The summed E-state index contributed by atoms with van der Waals surface area (Å²) in [5.74, 6) is 1.67. The van der Waals surface area contributed by atoms with E-state index < -0.39 is 0 Å². The van der Waals surface area contributed by atoms with Crippen LogP contribution >= 0.6 is 0 Å². The molecule has 2 aromatic heterocycles.